The second-order valence-electron chi connectivity index (χ2n) is 11.9. The minimum absolute atomic E-state index is 0.0507. The highest BCUT2D eigenvalue weighted by Gasteiger charge is 2.60. The van der Waals surface area contributed by atoms with Gasteiger partial charge in [0.1, 0.15) is 10.3 Å². The number of nitrogens with zero attached hydrogens (tertiary/aromatic N) is 5. The minimum Gasteiger partial charge on any atom is -0.358 e. The van der Waals surface area contributed by atoms with Gasteiger partial charge in [-0.1, -0.05) is 17.7 Å². The van der Waals surface area contributed by atoms with E-state index in [1.54, 1.807) is 16.9 Å². The number of carbonyl (C=O) groups excluding carboxylic acids is 1. The van der Waals surface area contributed by atoms with Crippen molar-refractivity contribution in [3.63, 3.8) is 0 Å². The molecule has 206 valence electrons. The molecular formula is C27H29BrClFN6O3. The van der Waals surface area contributed by atoms with Gasteiger partial charge >= 0.3 is 5.82 Å². The van der Waals surface area contributed by atoms with Crippen molar-refractivity contribution in [3.05, 3.63) is 66.8 Å². The molecule has 9 nitrogen and oxygen atoms in total. The molecule has 4 fully saturated rings. The maximum absolute atomic E-state index is 13.5. The van der Waals surface area contributed by atoms with E-state index >= 15 is 0 Å². The minimum atomic E-state index is -0.459. The molecule has 4 aliphatic carbocycles. The highest BCUT2D eigenvalue weighted by Crippen LogP contribution is 2.65. The maximum Gasteiger partial charge on any atom is 0.404 e. The van der Waals surface area contributed by atoms with Crippen LogP contribution in [0.2, 0.25) is 5.02 Å². The summed E-state index contributed by atoms with van der Waals surface area (Å²) in [5.41, 5.74) is 2.47. The predicted octanol–water partition coefficient (Wildman–Crippen LogP) is 6.53. The van der Waals surface area contributed by atoms with Gasteiger partial charge in [0.25, 0.3) is 0 Å². The van der Waals surface area contributed by atoms with Gasteiger partial charge < -0.3 is 15.4 Å². The summed E-state index contributed by atoms with van der Waals surface area (Å²) in [6.07, 6.45) is 7.92. The van der Waals surface area contributed by atoms with Crippen LogP contribution >= 0.6 is 27.5 Å². The van der Waals surface area contributed by atoms with Crippen molar-refractivity contribution in [3.8, 4) is 0 Å². The maximum atomic E-state index is 13.5. The fraction of sp³-hybridized carbons (Fsp3) is 0.519. The lowest BCUT2D eigenvalue weighted by Crippen LogP contribution is -2.57. The first-order valence-electron chi connectivity index (χ1n) is 13.1. The second kappa shape index (κ2) is 9.40. The highest BCUT2D eigenvalue weighted by atomic mass is 79.9. The van der Waals surface area contributed by atoms with E-state index in [4.69, 9.17) is 11.6 Å². The molecule has 3 aromatic rings. The van der Waals surface area contributed by atoms with E-state index < -0.39 is 10.7 Å². The first kappa shape index (κ1) is 26.4. The van der Waals surface area contributed by atoms with Gasteiger partial charge in [-0.15, -0.1) is 0 Å². The Morgan fingerprint density at radius 1 is 1.26 bits per heavy atom. The van der Waals surface area contributed by atoms with E-state index in [9.17, 15) is 19.3 Å². The van der Waals surface area contributed by atoms with Gasteiger partial charge in [-0.2, -0.15) is 9.78 Å². The van der Waals surface area contributed by atoms with Crippen LogP contribution in [0.4, 0.5) is 15.9 Å². The van der Waals surface area contributed by atoms with E-state index in [2.05, 4.69) is 31.4 Å². The molecule has 39 heavy (non-hydrogen) atoms. The Kier molecular flexibility index (Phi) is 6.37. The summed E-state index contributed by atoms with van der Waals surface area (Å²) >= 11 is 9.53. The number of carbonyl (C=O) groups is 1. The Morgan fingerprint density at radius 3 is 2.62 bits per heavy atom. The third-order valence-electron chi connectivity index (χ3n) is 8.98. The molecule has 1 amide bonds. The Bertz CT molecular complexity index is 1490. The molecule has 4 aliphatic rings. The summed E-state index contributed by atoms with van der Waals surface area (Å²) in [7, 11) is 0. The van der Waals surface area contributed by atoms with Gasteiger partial charge in [0.15, 0.2) is 0 Å². The lowest BCUT2D eigenvalue weighted by atomic mass is 9.46. The quantitative estimate of drug-likeness (QED) is 0.239. The number of hydrogen-bond donors (Lipinski definition) is 1. The van der Waals surface area contributed by atoms with Crippen molar-refractivity contribution in [1.82, 2.24) is 19.6 Å². The van der Waals surface area contributed by atoms with Crippen LogP contribution < -0.4 is 5.32 Å². The van der Waals surface area contributed by atoms with Gasteiger partial charge in [0.05, 0.1) is 40.5 Å². The SMILES string of the molecule is Cc1nn(Cc2ccc(F)cc2Cl)c(C)c1NC(=O)CC12CC3CC(C1)CC(n1cc(Br)c([N+](=O)[O-])n1)(C3)C2. The van der Waals surface area contributed by atoms with Crippen LogP contribution in [0, 0.1) is 47.0 Å². The smallest absolute Gasteiger partial charge is 0.358 e. The third kappa shape index (κ3) is 4.67. The molecule has 4 bridgehead atoms. The molecular weight excluding hydrogens is 591 g/mol. The zero-order valence-corrected chi connectivity index (χ0v) is 24.1. The number of anilines is 1. The van der Waals surface area contributed by atoms with Gasteiger partial charge in [-0.05, 0) is 108 Å². The molecule has 2 unspecified atom stereocenters. The van der Waals surface area contributed by atoms with Crippen LogP contribution in [-0.2, 0) is 16.9 Å². The molecule has 12 heteroatoms. The Balaban J connectivity index is 1.21. The summed E-state index contributed by atoms with van der Waals surface area (Å²) < 4.78 is 17.4. The highest BCUT2D eigenvalue weighted by molar-refractivity contribution is 9.10. The molecule has 0 saturated heterocycles. The average Bonchev–Trinajstić information content (AvgIpc) is 3.35. The first-order valence-corrected chi connectivity index (χ1v) is 14.3. The summed E-state index contributed by atoms with van der Waals surface area (Å²) in [5.74, 6) is 0.350. The molecule has 0 spiro atoms. The average molecular weight is 620 g/mol. The number of amides is 1. The molecule has 2 heterocycles. The van der Waals surface area contributed by atoms with E-state index in [0.29, 0.717) is 45.7 Å². The van der Waals surface area contributed by atoms with E-state index in [-0.39, 0.29) is 22.7 Å². The number of nitro groups is 1. The number of benzene rings is 1. The standard InChI is InChI=1S/C27H29BrClFN6O3/c1-15-24(16(2)34(32-15)12-19-3-4-20(30)6-22(19)29)31-23(37)11-26-7-17-5-18(8-26)10-27(9-17,14-26)35-13-21(28)25(33-35)36(38)39/h3-4,6,13,17-18H,5,7-12,14H2,1-2H3,(H,31,37). The number of aromatic nitrogens is 4. The number of rotatable bonds is 7. The molecule has 1 N–H and O–H groups in total. The van der Waals surface area contributed by atoms with Crippen LogP contribution in [0.25, 0.3) is 0 Å². The van der Waals surface area contributed by atoms with Crippen molar-refractivity contribution in [2.24, 2.45) is 17.3 Å². The number of hydrogen-bond acceptors (Lipinski definition) is 5. The largest absolute Gasteiger partial charge is 0.404 e. The zero-order valence-electron chi connectivity index (χ0n) is 21.7. The van der Waals surface area contributed by atoms with Crippen molar-refractivity contribution in [2.75, 3.05) is 5.32 Å². The van der Waals surface area contributed by atoms with Gasteiger partial charge in [0.2, 0.25) is 5.91 Å². The number of aryl methyl sites for hydroxylation is 1. The lowest BCUT2D eigenvalue weighted by Gasteiger charge is -2.61. The van der Waals surface area contributed by atoms with Crippen LogP contribution in [0.5, 0.6) is 0 Å². The topological polar surface area (TPSA) is 108 Å². The molecule has 2 aromatic heterocycles. The van der Waals surface area contributed by atoms with E-state index in [0.717, 1.165) is 49.8 Å². The molecule has 0 aliphatic heterocycles. The molecule has 7 rings (SSSR count). The van der Waals surface area contributed by atoms with E-state index in [1.807, 2.05) is 18.5 Å². The number of nitrogens with one attached hydrogen (secondary N) is 1. The van der Waals surface area contributed by atoms with Crippen molar-refractivity contribution in [1.29, 1.82) is 0 Å². The third-order valence-corrected chi connectivity index (χ3v) is 9.89. The van der Waals surface area contributed by atoms with Crippen LogP contribution in [0.3, 0.4) is 0 Å². The summed E-state index contributed by atoms with van der Waals surface area (Å²) in [4.78, 5) is 24.5. The zero-order chi connectivity index (χ0) is 27.7. The predicted molar refractivity (Wildman–Crippen MR) is 147 cm³/mol. The van der Waals surface area contributed by atoms with Crippen molar-refractivity contribution in [2.45, 2.75) is 70.9 Å². The molecule has 2 atom stereocenters. The van der Waals surface area contributed by atoms with Crippen molar-refractivity contribution < 1.29 is 14.1 Å². The van der Waals surface area contributed by atoms with Crippen LogP contribution in [0.15, 0.2) is 28.9 Å². The van der Waals surface area contributed by atoms with Crippen LogP contribution in [0.1, 0.15) is 61.9 Å². The first-order chi connectivity index (χ1) is 18.5. The summed E-state index contributed by atoms with van der Waals surface area (Å²) in [6, 6.07) is 4.29. The summed E-state index contributed by atoms with van der Waals surface area (Å²) in [5, 5.41) is 23.9. The van der Waals surface area contributed by atoms with Crippen LogP contribution in [-0.4, -0.2) is 30.4 Å². The number of halogens is 3. The fourth-order valence-corrected chi connectivity index (χ4v) is 8.60. The molecule has 4 saturated carbocycles. The van der Waals surface area contributed by atoms with Crippen molar-refractivity contribution >= 4 is 44.9 Å². The monoisotopic (exact) mass is 618 g/mol. The van der Waals surface area contributed by atoms with E-state index in [1.165, 1.54) is 12.1 Å². The second-order valence-corrected chi connectivity index (χ2v) is 13.1. The van der Waals surface area contributed by atoms with Gasteiger partial charge in [-0.3, -0.25) is 9.48 Å². The lowest BCUT2D eigenvalue weighted by molar-refractivity contribution is -0.390. The molecule has 0 radical (unpaired) electrons. The normalized spacial score (nSPS) is 27.2. The Morgan fingerprint density at radius 2 is 1.97 bits per heavy atom. The Labute approximate surface area is 238 Å². The van der Waals surface area contributed by atoms with Gasteiger partial charge in [0, 0.05) is 11.4 Å². The van der Waals surface area contributed by atoms with Gasteiger partial charge in [-0.25, -0.2) is 4.39 Å². The fourth-order valence-electron chi connectivity index (χ4n) is 7.95. The molecule has 1 aromatic carbocycles. The Hall–Kier alpha value is -2.79. The summed E-state index contributed by atoms with van der Waals surface area (Å²) in [6.45, 7) is 4.12.